The summed E-state index contributed by atoms with van der Waals surface area (Å²) in [7, 11) is 0. The highest BCUT2D eigenvalue weighted by atomic mass is 35.5. The predicted molar refractivity (Wildman–Crippen MR) is 71.1 cm³/mol. The molecular formula is C13H20ClNO2. The number of piperidine rings is 1. The third-order valence-electron chi connectivity index (χ3n) is 3.00. The summed E-state index contributed by atoms with van der Waals surface area (Å²) >= 11 is 0. The summed E-state index contributed by atoms with van der Waals surface area (Å²) in [6, 6.07) is 6.05. The van der Waals surface area contributed by atoms with Crippen molar-refractivity contribution < 1.29 is 9.84 Å². The van der Waals surface area contributed by atoms with E-state index in [4.69, 9.17) is 4.74 Å². The Kier molecular flexibility index (Phi) is 5.59. The Morgan fingerprint density at radius 3 is 2.88 bits per heavy atom. The topological polar surface area (TPSA) is 41.5 Å². The van der Waals surface area contributed by atoms with Crippen LogP contribution in [-0.2, 0) is 0 Å². The van der Waals surface area contributed by atoms with E-state index in [-0.39, 0.29) is 18.2 Å². The number of phenols is 1. The van der Waals surface area contributed by atoms with Crippen molar-refractivity contribution in [3.8, 4) is 11.5 Å². The van der Waals surface area contributed by atoms with Crippen molar-refractivity contribution in [3.05, 3.63) is 23.8 Å². The van der Waals surface area contributed by atoms with Crippen molar-refractivity contribution in [2.45, 2.75) is 32.2 Å². The fourth-order valence-electron chi connectivity index (χ4n) is 2.15. The lowest BCUT2D eigenvalue weighted by Crippen LogP contribution is -2.26. The van der Waals surface area contributed by atoms with E-state index in [1.54, 1.807) is 6.07 Å². The maximum Gasteiger partial charge on any atom is 0.161 e. The molecule has 2 rings (SSSR count). The first kappa shape index (κ1) is 14.1. The molecule has 1 aromatic rings. The molecule has 0 spiro atoms. The molecule has 0 aromatic heterocycles. The SMILES string of the molecule is CCOc1cc([C@@H]2CCCCN2)ccc1O.Cl. The third kappa shape index (κ3) is 3.51. The van der Waals surface area contributed by atoms with Crippen LogP contribution in [0.2, 0.25) is 0 Å². The van der Waals surface area contributed by atoms with E-state index in [2.05, 4.69) is 5.32 Å². The average molecular weight is 258 g/mol. The summed E-state index contributed by atoms with van der Waals surface area (Å²) in [4.78, 5) is 0. The molecule has 0 amide bonds. The summed E-state index contributed by atoms with van der Waals surface area (Å²) in [6.07, 6.45) is 3.69. The molecule has 0 saturated carbocycles. The van der Waals surface area contributed by atoms with Gasteiger partial charge in [0, 0.05) is 6.04 Å². The van der Waals surface area contributed by atoms with Gasteiger partial charge in [-0.1, -0.05) is 12.5 Å². The van der Waals surface area contributed by atoms with Gasteiger partial charge in [-0.05, 0) is 44.0 Å². The molecule has 17 heavy (non-hydrogen) atoms. The van der Waals surface area contributed by atoms with Crippen LogP contribution < -0.4 is 10.1 Å². The Labute approximate surface area is 109 Å². The molecule has 4 heteroatoms. The maximum absolute atomic E-state index is 9.62. The lowest BCUT2D eigenvalue weighted by atomic mass is 9.97. The predicted octanol–water partition coefficient (Wildman–Crippen LogP) is 3.03. The molecule has 1 aliphatic rings. The molecule has 96 valence electrons. The largest absolute Gasteiger partial charge is 0.504 e. The quantitative estimate of drug-likeness (QED) is 0.875. The average Bonchev–Trinajstić information content (AvgIpc) is 2.33. The Morgan fingerprint density at radius 2 is 2.24 bits per heavy atom. The van der Waals surface area contributed by atoms with E-state index in [1.165, 1.54) is 18.4 Å². The van der Waals surface area contributed by atoms with Crippen LogP contribution in [0.4, 0.5) is 0 Å². The number of benzene rings is 1. The summed E-state index contributed by atoms with van der Waals surface area (Å²) in [5.41, 5.74) is 1.21. The van der Waals surface area contributed by atoms with E-state index < -0.39 is 0 Å². The minimum absolute atomic E-state index is 0. The molecule has 0 unspecified atom stereocenters. The Hall–Kier alpha value is -0.930. The van der Waals surface area contributed by atoms with Crippen LogP contribution in [0.25, 0.3) is 0 Å². The van der Waals surface area contributed by atoms with Crippen molar-refractivity contribution in [1.82, 2.24) is 5.32 Å². The number of ether oxygens (including phenoxy) is 1. The van der Waals surface area contributed by atoms with Gasteiger partial charge in [-0.3, -0.25) is 0 Å². The van der Waals surface area contributed by atoms with E-state index in [0.717, 1.165) is 13.0 Å². The van der Waals surface area contributed by atoms with Gasteiger partial charge in [0.05, 0.1) is 6.61 Å². The van der Waals surface area contributed by atoms with E-state index >= 15 is 0 Å². The molecule has 1 fully saturated rings. The number of aromatic hydroxyl groups is 1. The normalized spacial score (nSPS) is 19.5. The molecule has 0 aliphatic carbocycles. The van der Waals surface area contributed by atoms with Gasteiger partial charge in [0.25, 0.3) is 0 Å². The van der Waals surface area contributed by atoms with Gasteiger partial charge in [-0.25, -0.2) is 0 Å². The number of halogens is 1. The smallest absolute Gasteiger partial charge is 0.161 e. The monoisotopic (exact) mass is 257 g/mol. The van der Waals surface area contributed by atoms with Crippen LogP contribution in [0.1, 0.15) is 37.8 Å². The molecule has 2 N–H and O–H groups in total. The lowest BCUT2D eigenvalue weighted by Gasteiger charge is -2.24. The minimum Gasteiger partial charge on any atom is -0.504 e. The molecule has 1 atom stereocenters. The van der Waals surface area contributed by atoms with Gasteiger partial charge in [0.15, 0.2) is 11.5 Å². The van der Waals surface area contributed by atoms with E-state index in [0.29, 0.717) is 18.4 Å². The fraction of sp³-hybridized carbons (Fsp3) is 0.538. The first-order chi connectivity index (χ1) is 7.81. The van der Waals surface area contributed by atoms with Crippen molar-refractivity contribution in [1.29, 1.82) is 0 Å². The molecule has 3 nitrogen and oxygen atoms in total. The number of hydrogen-bond donors (Lipinski definition) is 2. The summed E-state index contributed by atoms with van der Waals surface area (Å²) in [5, 5.41) is 13.1. The van der Waals surface area contributed by atoms with Gasteiger partial charge in [-0.15, -0.1) is 12.4 Å². The summed E-state index contributed by atoms with van der Waals surface area (Å²) < 4.78 is 5.39. The van der Waals surface area contributed by atoms with Crippen LogP contribution in [0.15, 0.2) is 18.2 Å². The number of rotatable bonds is 3. The maximum atomic E-state index is 9.62. The van der Waals surface area contributed by atoms with Crippen molar-refractivity contribution in [2.24, 2.45) is 0 Å². The standard InChI is InChI=1S/C13H19NO2.ClH/c1-2-16-13-9-10(6-7-12(13)15)11-5-3-4-8-14-11;/h6-7,9,11,14-15H,2-5,8H2,1H3;1H/t11-;/m0./s1. The second-order valence-electron chi connectivity index (χ2n) is 4.16. The van der Waals surface area contributed by atoms with Crippen LogP contribution >= 0.6 is 12.4 Å². The molecule has 0 radical (unpaired) electrons. The second kappa shape index (κ2) is 6.72. The lowest BCUT2D eigenvalue weighted by molar-refractivity contribution is 0.316. The van der Waals surface area contributed by atoms with E-state index in [9.17, 15) is 5.11 Å². The minimum atomic E-state index is 0. The molecule has 1 saturated heterocycles. The Morgan fingerprint density at radius 1 is 1.41 bits per heavy atom. The Bertz CT molecular complexity index is 351. The number of hydrogen-bond acceptors (Lipinski definition) is 3. The van der Waals surface area contributed by atoms with Gasteiger partial charge in [0.1, 0.15) is 0 Å². The fourth-order valence-corrected chi connectivity index (χ4v) is 2.15. The van der Waals surface area contributed by atoms with Crippen LogP contribution in [0.3, 0.4) is 0 Å². The first-order valence-corrected chi connectivity index (χ1v) is 6.00. The number of nitrogens with one attached hydrogen (secondary N) is 1. The zero-order chi connectivity index (χ0) is 11.4. The highest BCUT2D eigenvalue weighted by Gasteiger charge is 2.16. The molecule has 0 bridgehead atoms. The van der Waals surface area contributed by atoms with Crippen molar-refractivity contribution >= 4 is 12.4 Å². The van der Waals surface area contributed by atoms with Crippen LogP contribution in [0, 0.1) is 0 Å². The van der Waals surface area contributed by atoms with Crippen molar-refractivity contribution in [3.63, 3.8) is 0 Å². The van der Waals surface area contributed by atoms with Gasteiger partial charge in [-0.2, -0.15) is 0 Å². The van der Waals surface area contributed by atoms with E-state index in [1.807, 2.05) is 19.1 Å². The third-order valence-corrected chi connectivity index (χ3v) is 3.00. The summed E-state index contributed by atoms with van der Waals surface area (Å²) in [5.74, 6) is 0.814. The van der Waals surface area contributed by atoms with Gasteiger partial charge >= 0.3 is 0 Å². The number of phenolic OH excluding ortho intramolecular Hbond substituents is 1. The highest BCUT2D eigenvalue weighted by molar-refractivity contribution is 5.85. The second-order valence-corrected chi connectivity index (χ2v) is 4.16. The molecule has 1 heterocycles. The zero-order valence-corrected chi connectivity index (χ0v) is 10.9. The van der Waals surface area contributed by atoms with Gasteiger partial charge in [0.2, 0.25) is 0 Å². The zero-order valence-electron chi connectivity index (χ0n) is 10.1. The molecule has 1 aliphatic heterocycles. The molecular weight excluding hydrogens is 238 g/mol. The molecule has 1 aromatic carbocycles. The first-order valence-electron chi connectivity index (χ1n) is 6.00. The van der Waals surface area contributed by atoms with Crippen molar-refractivity contribution in [2.75, 3.05) is 13.2 Å². The highest BCUT2D eigenvalue weighted by Crippen LogP contribution is 2.31. The van der Waals surface area contributed by atoms with Crippen LogP contribution in [-0.4, -0.2) is 18.3 Å². The van der Waals surface area contributed by atoms with Gasteiger partial charge < -0.3 is 15.2 Å². The summed E-state index contributed by atoms with van der Waals surface area (Å²) in [6.45, 7) is 3.58. The Balaban J connectivity index is 0.00000144. The van der Waals surface area contributed by atoms with Crippen LogP contribution in [0.5, 0.6) is 11.5 Å².